The van der Waals surface area contributed by atoms with Crippen molar-refractivity contribution < 1.29 is 23.8 Å². The van der Waals surface area contributed by atoms with Gasteiger partial charge in [0.15, 0.2) is 6.42 Å². The number of rotatable bonds is 14. The van der Waals surface area contributed by atoms with Crippen LogP contribution in [0.4, 0.5) is 10.5 Å². The molecule has 0 radical (unpaired) electrons. The van der Waals surface area contributed by atoms with E-state index in [0.717, 1.165) is 54.1 Å². The Kier molecular flexibility index (Phi) is 11.2. The second kappa shape index (κ2) is 15.5. The molecule has 1 fully saturated rings. The molecule has 46 heavy (non-hydrogen) atoms. The first-order valence-corrected chi connectivity index (χ1v) is 18.1. The number of hydrogen-bond donors (Lipinski definition) is 4. The van der Waals surface area contributed by atoms with Crippen LogP contribution in [0.3, 0.4) is 0 Å². The first-order valence-electron chi connectivity index (χ1n) is 15.3. The lowest BCUT2D eigenvalue weighted by Gasteiger charge is -2.39. The Morgan fingerprint density at radius 3 is 2.35 bits per heavy atom. The molecule has 1 aromatic heterocycles. The monoisotopic (exact) mass is 663 g/mol. The molecule has 2 amide bonds. The number of nitrogens with one attached hydrogen (secondary N) is 3. The minimum atomic E-state index is -3.31. The number of H-pyrrole nitrogens is 1. The van der Waals surface area contributed by atoms with Gasteiger partial charge in [0.1, 0.15) is 6.61 Å². The summed E-state index contributed by atoms with van der Waals surface area (Å²) < 4.78 is 12.1. The van der Waals surface area contributed by atoms with Crippen molar-refractivity contribution in [2.75, 3.05) is 0 Å². The van der Waals surface area contributed by atoms with E-state index in [0.29, 0.717) is 5.56 Å². The molecule has 1 heterocycles. The molecular formula is C33H38N5O6PS. The van der Waals surface area contributed by atoms with E-state index in [1.807, 2.05) is 60.8 Å². The van der Waals surface area contributed by atoms with Gasteiger partial charge in [0.2, 0.25) is 5.91 Å². The molecule has 0 aliphatic heterocycles. The zero-order valence-corrected chi connectivity index (χ0v) is 27.0. The Morgan fingerprint density at radius 1 is 0.978 bits per heavy atom. The molecule has 3 aromatic carbocycles. The number of ether oxygens (including phenoxy) is 1. The zero-order chi connectivity index (χ0) is 32.5. The number of aromatic amines is 1. The van der Waals surface area contributed by atoms with Crippen LogP contribution >= 0.6 is 6.42 Å². The van der Waals surface area contributed by atoms with E-state index in [2.05, 4.69) is 15.4 Å². The highest BCUT2D eigenvalue weighted by Crippen LogP contribution is 2.54. The summed E-state index contributed by atoms with van der Waals surface area (Å²) in [5.74, 6) is -1.31. The van der Waals surface area contributed by atoms with Gasteiger partial charge in [-0.15, -0.1) is 0 Å². The predicted octanol–water partition coefficient (Wildman–Crippen LogP) is 6.42. The van der Waals surface area contributed by atoms with E-state index in [4.69, 9.17) is 26.8 Å². The van der Waals surface area contributed by atoms with Crippen LogP contribution in [0.2, 0.25) is 0 Å². The van der Waals surface area contributed by atoms with Gasteiger partial charge in [-0.3, -0.25) is 20.0 Å². The Hall–Kier alpha value is -4.09. The van der Waals surface area contributed by atoms with Gasteiger partial charge < -0.3 is 25.3 Å². The topological polar surface area (TPSA) is 162 Å². The fourth-order valence-electron chi connectivity index (χ4n) is 5.85. The highest BCUT2D eigenvalue weighted by molar-refractivity contribution is 8.11. The normalized spacial score (nSPS) is 16.3. The number of nitro benzene ring substituents is 1. The molecule has 0 bridgehead atoms. The minimum Gasteiger partial charge on any atom is -0.445 e. The van der Waals surface area contributed by atoms with E-state index in [1.54, 1.807) is 12.1 Å². The van der Waals surface area contributed by atoms with Gasteiger partial charge in [0.25, 0.3) is 5.69 Å². The van der Waals surface area contributed by atoms with Crippen LogP contribution in [-0.4, -0.2) is 33.7 Å². The molecular weight excluding hydrogens is 625 g/mol. The number of para-hydroxylation sites is 1. The van der Waals surface area contributed by atoms with Crippen molar-refractivity contribution in [2.45, 2.75) is 63.6 Å². The van der Waals surface area contributed by atoms with Crippen LogP contribution in [0.25, 0.3) is 10.9 Å². The summed E-state index contributed by atoms with van der Waals surface area (Å²) in [5.41, 5.74) is 9.24. The van der Waals surface area contributed by atoms with Crippen LogP contribution in [-0.2, 0) is 45.5 Å². The van der Waals surface area contributed by atoms with Gasteiger partial charge in [-0.2, -0.15) is 0 Å². The number of hydrogen-bond acceptors (Lipinski definition) is 7. The highest BCUT2D eigenvalue weighted by Gasteiger charge is 2.41. The number of carbonyl (C=O) groups excluding carboxylic acids is 2. The second-order valence-corrected chi connectivity index (χ2v) is 15.4. The maximum Gasteiger partial charge on any atom is 0.408 e. The lowest BCUT2D eigenvalue weighted by Crippen LogP contribution is -2.49. The fourth-order valence-corrected chi connectivity index (χ4v) is 9.58. The maximum absolute atomic E-state index is 13.3. The van der Waals surface area contributed by atoms with Crippen LogP contribution in [0.15, 0.2) is 85.1 Å². The van der Waals surface area contributed by atoms with Crippen molar-refractivity contribution in [2.24, 2.45) is 11.7 Å². The van der Waals surface area contributed by atoms with Crippen LogP contribution in [0.1, 0.15) is 48.8 Å². The van der Waals surface area contributed by atoms with Gasteiger partial charge in [-0.1, -0.05) is 67.8 Å². The van der Waals surface area contributed by atoms with Crippen molar-refractivity contribution in [3.8, 4) is 0 Å². The summed E-state index contributed by atoms with van der Waals surface area (Å²) in [4.78, 5) is 40.3. The van der Waals surface area contributed by atoms with Crippen LogP contribution in [0, 0.1) is 16.0 Å². The molecule has 1 aliphatic rings. The summed E-state index contributed by atoms with van der Waals surface area (Å²) >= 11 is 6.34. The SMILES string of the molecule is NC(=O)[C@@H](Cc1c[nH]c2ccccc12)NP(=S)(OCc1ccc([N+](=O)[O-])cc1)[C@@H](NC(=O)OCc1ccccc1)C1CCCCC1. The lowest BCUT2D eigenvalue weighted by molar-refractivity contribution is -0.384. The largest absolute Gasteiger partial charge is 0.445 e. The summed E-state index contributed by atoms with van der Waals surface area (Å²) in [5, 5.41) is 18.5. The van der Waals surface area contributed by atoms with E-state index in [1.165, 1.54) is 12.1 Å². The molecule has 1 saturated carbocycles. The van der Waals surface area contributed by atoms with Gasteiger partial charge in [-0.25, -0.2) is 4.79 Å². The molecule has 0 spiro atoms. The van der Waals surface area contributed by atoms with Crippen LogP contribution in [0.5, 0.6) is 0 Å². The average molecular weight is 664 g/mol. The number of amides is 2. The molecule has 13 heteroatoms. The number of non-ortho nitro benzene ring substituents is 1. The maximum atomic E-state index is 13.3. The summed E-state index contributed by atoms with van der Waals surface area (Å²) in [6, 6.07) is 22.2. The minimum absolute atomic E-state index is 0.00476. The summed E-state index contributed by atoms with van der Waals surface area (Å²) in [6.07, 6.45) is 2.79. The Morgan fingerprint density at radius 2 is 1.65 bits per heavy atom. The molecule has 5 N–H and O–H groups in total. The number of nitrogens with two attached hydrogens (primary N) is 1. The van der Waals surface area contributed by atoms with Gasteiger partial charge >= 0.3 is 6.09 Å². The van der Waals surface area contributed by atoms with Crippen molar-refractivity contribution in [1.29, 1.82) is 0 Å². The molecule has 0 saturated heterocycles. The Bertz CT molecular complexity index is 1690. The first kappa shape index (κ1) is 33.3. The predicted molar refractivity (Wildman–Crippen MR) is 180 cm³/mol. The molecule has 242 valence electrons. The number of primary amides is 1. The number of alkyl carbamates (subject to hydrolysis) is 1. The van der Waals surface area contributed by atoms with E-state index in [9.17, 15) is 19.7 Å². The zero-order valence-electron chi connectivity index (χ0n) is 25.3. The second-order valence-electron chi connectivity index (χ2n) is 11.5. The number of nitrogens with zero attached hydrogens (tertiary/aromatic N) is 1. The van der Waals surface area contributed by atoms with E-state index < -0.39 is 35.2 Å². The number of nitro groups is 1. The third-order valence-corrected chi connectivity index (χ3v) is 12.1. The number of fused-ring (bicyclic) bond motifs is 1. The fraction of sp³-hybridized carbons (Fsp3) is 0.333. The Balaban J connectivity index is 1.44. The van der Waals surface area contributed by atoms with Crippen molar-refractivity contribution in [3.63, 3.8) is 0 Å². The first-order chi connectivity index (χ1) is 22.2. The average Bonchev–Trinajstić information content (AvgIpc) is 3.48. The third-order valence-electron chi connectivity index (χ3n) is 8.29. The highest BCUT2D eigenvalue weighted by atomic mass is 32.4. The number of aromatic nitrogens is 1. The molecule has 4 aromatic rings. The van der Waals surface area contributed by atoms with Crippen molar-refractivity contribution >= 4 is 46.8 Å². The molecule has 1 aliphatic carbocycles. The van der Waals surface area contributed by atoms with Gasteiger partial charge in [-0.05, 0) is 71.9 Å². The van der Waals surface area contributed by atoms with Crippen molar-refractivity contribution in [3.05, 3.63) is 112 Å². The quantitative estimate of drug-likeness (QED) is 0.0683. The third kappa shape index (κ3) is 8.58. The van der Waals surface area contributed by atoms with E-state index in [-0.39, 0.29) is 31.2 Å². The molecule has 5 rings (SSSR count). The van der Waals surface area contributed by atoms with Gasteiger partial charge in [0, 0.05) is 29.2 Å². The van der Waals surface area contributed by atoms with E-state index >= 15 is 0 Å². The summed E-state index contributed by atoms with van der Waals surface area (Å²) in [6.45, 7) is 0.0826. The van der Waals surface area contributed by atoms with Gasteiger partial charge in [0.05, 0.1) is 23.4 Å². The molecule has 1 unspecified atom stereocenters. The molecule has 11 nitrogen and oxygen atoms in total. The smallest absolute Gasteiger partial charge is 0.408 e. The standard InChI is InChI=1S/C33H38N5O6PS/c34-31(39)30(19-26-20-35-29-14-8-7-13-28(26)29)37-45(46,44-22-24-15-17-27(18-16-24)38(41)42)32(25-11-5-2-6-12-25)36-33(40)43-21-23-9-3-1-4-10-23/h1,3-4,7-10,13-18,20,25,30,32,35H,2,5-6,11-12,19,21-22H2,(H2,34,39)(H,36,40)(H,37,46)/t30-,32-,45?/m1/s1. The molecule has 3 atom stereocenters. The lowest BCUT2D eigenvalue weighted by atomic mass is 9.89. The number of carbonyl (C=O) groups is 2. The number of benzene rings is 3. The van der Waals surface area contributed by atoms with Crippen LogP contribution < -0.4 is 16.1 Å². The Labute approximate surface area is 272 Å². The summed E-state index contributed by atoms with van der Waals surface area (Å²) in [7, 11) is 0. The van der Waals surface area contributed by atoms with Crippen molar-refractivity contribution in [1.82, 2.24) is 15.4 Å².